The molecule has 1 aliphatic carbocycles. The predicted molar refractivity (Wildman–Crippen MR) is 93.0 cm³/mol. The number of piperidine rings is 1. The lowest BCUT2D eigenvalue weighted by molar-refractivity contribution is -0.00505. The molecular weight excluding hydrogens is 304 g/mol. The van der Waals surface area contributed by atoms with Gasteiger partial charge in [-0.2, -0.15) is 5.10 Å². The first-order valence-corrected chi connectivity index (χ1v) is 9.07. The Bertz CT molecular complexity index is 584. The van der Waals surface area contributed by atoms with Crippen molar-refractivity contribution >= 4 is 6.03 Å². The summed E-state index contributed by atoms with van der Waals surface area (Å²) in [4.78, 5) is 14.4. The highest BCUT2D eigenvalue weighted by Gasteiger charge is 2.43. The third-order valence-electron chi connectivity index (χ3n) is 5.87. The van der Waals surface area contributed by atoms with Gasteiger partial charge < -0.3 is 15.0 Å². The van der Waals surface area contributed by atoms with E-state index in [0.29, 0.717) is 24.5 Å². The number of aryl methyl sites for hydroxylation is 2. The van der Waals surface area contributed by atoms with Gasteiger partial charge in [0.25, 0.3) is 0 Å². The van der Waals surface area contributed by atoms with E-state index in [9.17, 15) is 4.79 Å². The number of rotatable bonds is 5. The molecule has 2 bridgehead atoms. The molecule has 3 rings (SSSR count). The van der Waals surface area contributed by atoms with Crippen LogP contribution in [0.4, 0.5) is 4.79 Å². The van der Waals surface area contributed by atoms with E-state index in [4.69, 9.17) is 4.74 Å². The minimum Gasteiger partial charge on any atom is -0.381 e. The number of hydrogen-bond donors (Lipinski definition) is 1. The third kappa shape index (κ3) is 3.29. The van der Waals surface area contributed by atoms with Gasteiger partial charge in [0.15, 0.2) is 0 Å². The van der Waals surface area contributed by atoms with Crippen LogP contribution in [0, 0.1) is 32.6 Å². The quantitative estimate of drug-likeness (QED) is 0.840. The van der Waals surface area contributed by atoms with Crippen molar-refractivity contribution in [1.82, 2.24) is 20.0 Å². The molecule has 2 unspecified atom stereocenters. The van der Waals surface area contributed by atoms with Crippen molar-refractivity contribution in [3.63, 3.8) is 0 Å². The molecule has 1 saturated heterocycles. The zero-order valence-corrected chi connectivity index (χ0v) is 15.3. The van der Waals surface area contributed by atoms with E-state index in [1.165, 1.54) is 24.1 Å². The molecule has 1 aromatic heterocycles. The van der Waals surface area contributed by atoms with Gasteiger partial charge >= 0.3 is 6.03 Å². The standard InChI is InChI=1S/C18H30N4O2/c1-12-13(2)20-22(14(12)3)9-5-8-19-18(23)21-10-15-6-7-16(11-21)17(15)24-4/h15-17H,5-11H2,1-4H3,(H,19,23). The summed E-state index contributed by atoms with van der Waals surface area (Å²) in [7, 11) is 1.80. The van der Waals surface area contributed by atoms with E-state index in [0.717, 1.165) is 31.7 Å². The lowest BCUT2D eigenvalue weighted by Gasteiger charge is -2.37. The van der Waals surface area contributed by atoms with Gasteiger partial charge in [-0.1, -0.05) is 0 Å². The van der Waals surface area contributed by atoms with Gasteiger partial charge in [-0.3, -0.25) is 4.68 Å². The zero-order valence-electron chi connectivity index (χ0n) is 15.3. The molecule has 2 atom stereocenters. The van der Waals surface area contributed by atoms with Crippen LogP contribution in [0.25, 0.3) is 0 Å². The second kappa shape index (κ2) is 7.13. The highest BCUT2D eigenvalue weighted by Crippen LogP contribution is 2.38. The van der Waals surface area contributed by atoms with Gasteiger partial charge in [-0.25, -0.2) is 4.79 Å². The number of nitrogens with zero attached hydrogens (tertiary/aromatic N) is 3. The van der Waals surface area contributed by atoms with Crippen LogP contribution in [0.2, 0.25) is 0 Å². The summed E-state index contributed by atoms with van der Waals surface area (Å²) in [5.41, 5.74) is 3.57. The van der Waals surface area contributed by atoms with Crippen molar-refractivity contribution in [2.75, 3.05) is 26.7 Å². The summed E-state index contributed by atoms with van der Waals surface area (Å²) < 4.78 is 7.65. The van der Waals surface area contributed by atoms with Gasteiger partial charge in [-0.05, 0) is 45.6 Å². The van der Waals surface area contributed by atoms with E-state index in [2.05, 4.69) is 24.3 Å². The average molecular weight is 334 g/mol. The third-order valence-corrected chi connectivity index (χ3v) is 5.87. The number of likely N-dealkylation sites (tertiary alicyclic amines) is 1. The molecular formula is C18H30N4O2. The van der Waals surface area contributed by atoms with E-state index in [1.807, 2.05) is 16.5 Å². The predicted octanol–water partition coefficient (Wildman–Crippen LogP) is 2.26. The summed E-state index contributed by atoms with van der Waals surface area (Å²) in [6.07, 6.45) is 3.62. The maximum absolute atomic E-state index is 12.4. The minimum absolute atomic E-state index is 0.0750. The Morgan fingerprint density at radius 2 is 1.92 bits per heavy atom. The Labute approximate surface area is 144 Å². The monoisotopic (exact) mass is 334 g/mol. The Morgan fingerprint density at radius 1 is 1.25 bits per heavy atom. The van der Waals surface area contributed by atoms with Crippen LogP contribution < -0.4 is 5.32 Å². The Kier molecular flexibility index (Phi) is 5.13. The maximum Gasteiger partial charge on any atom is 0.317 e. The van der Waals surface area contributed by atoms with Gasteiger partial charge in [-0.15, -0.1) is 0 Å². The Morgan fingerprint density at radius 3 is 2.46 bits per heavy atom. The summed E-state index contributed by atoms with van der Waals surface area (Å²) in [5, 5.41) is 7.61. The molecule has 1 aromatic rings. The Hall–Kier alpha value is -1.56. The number of ether oxygens (including phenoxy) is 1. The van der Waals surface area contributed by atoms with Gasteiger partial charge in [0.05, 0.1) is 11.8 Å². The fourth-order valence-electron chi connectivity index (χ4n) is 4.26. The fourth-order valence-corrected chi connectivity index (χ4v) is 4.26. The van der Waals surface area contributed by atoms with Crippen LogP contribution in [-0.4, -0.2) is 53.6 Å². The minimum atomic E-state index is 0.0750. The smallest absolute Gasteiger partial charge is 0.317 e. The van der Waals surface area contributed by atoms with Crippen LogP contribution in [0.3, 0.4) is 0 Å². The number of hydrogen-bond acceptors (Lipinski definition) is 3. The van der Waals surface area contributed by atoms with Gasteiger partial charge in [0, 0.05) is 50.8 Å². The fraction of sp³-hybridized carbons (Fsp3) is 0.778. The average Bonchev–Trinajstić information content (AvgIpc) is 2.96. The highest BCUT2D eigenvalue weighted by atomic mass is 16.5. The molecule has 0 aromatic carbocycles. The van der Waals surface area contributed by atoms with Crippen molar-refractivity contribution in [3.05, 3.63) is 17.0 Å². The molecule has 1 aliphatic heterocycles. The number of aromatic nitrogens is 2. The van der Waals surface area contributed by atoms with Crippen LogP contribution in [0.15, 0.2) is 0 Å². The number of carbonyl (C=O) groups excluding carboxylic acids is 1. The summed E-state index contributed by atoms with van der Waals surface area (Å²) in [5.74, 6) is 1.02. The maximum atomic E-state index is 12.4. The molecule has 2 aliphatic rings. The molecule has 6 heteroatoms. The highest BCUT2D eigenvalue weighted by molar-refractivity contribution is 5.74. The van der Waals surface area contributed by atoms with Crippen molar-refractivity contribution in [2.24, 2.45) is 11.8 Å². The zero-order chi connectivity index (χ0) is 17.3. The number of nitrogens with one attached hydrogen (secondary N) is 1. The normalized spacial score (nSPS) is 26.0. The van der Waals surface area contributed by atoms with Crippen molar-refractivity contribution in [3.8, 4) is 0 Å². The van der Waals surface area contributed by atoms with Crippen molar-refractivity contribution in [1.29, 1.82) is 0 Å². The molecule has 0 spiro atoms. The SMILES string of the molecule is COC1C2CCC1CN(C(=O)NCCCn1nc(C)c(C)c1C)C2. The molecule has 0 radical (unpaired) electrons. The van der Waals surface area contributed by atoms with Crippen LogP contribution in [0.1, 0.15) is 36.2 Å². The Balaban J connectivity index is 1.43. The van der Waals surface area contributed by atoms with Crippen LogP contribution in [-0.2, 0) is 11.3 Å². The largest absolute Gasteiger partial charge is 0.381 e. The molecule has 24 heavy (non-hydrogen) atoms. The van der Waals surface area contributed by atoms with Gasteiger partial charge in [0.2, 0.25) is 0 Å². The molecule has 2 heterocycles. The molecule has 134 valence electrons. The number of carbonyl (C=O) groups is 1. The summed E-state index contributed by atoms with van der Waals surface area (Å²) in [6.45, 7) is 9.44. The molecule has 1 N–H and O–H groups in total. The first kappa shape index (κ1) is 17.3. The molecule has 6 nitrogen and oxygen atoms in total. The van der Waals surface area contributed by atoms with Gasteiger partial charge in [0.1, 0.15) is 0 Å². The topological polar surface area (TPSA) is 59.4 Å². The number of urea groups is 1. The number of methoxy groups -OCH3 is 1. The van der Waals surface area contributed by atoms with Crippen molar-refractivity contribution in [2.45, 2.75) is 52.7 Å². The first-order valence-electron chi connectivity index (χ1n) is 9.07. The lowest BCUT2D eigenvalue weighted by Crippen LogP contribution is -2.51. The first-order chi connectivity index (χ1) is 11.5. The second-order valence-electron chi connectivity index (χ2n) is 7.31. The van der Waals surface area contributed by atoms with Crippen molar-refractivity contribution < 1.29 is 9.53 Å². The van der Waals surface area contributed by atoms with E-state index < -0.39 is 0 Å². The van der Waals surface area contributed by atoms with Crippen LogP contribution in [0.5, 0.6) is 0 Å². The molecule has 2 fully saturated rings. The summed E-state index contributed by atoms with van der Waals surface area (Å²) in [6, 6.07) is 0.0750. The molecule has 1 saturated carbocycles. The van der Waals surface area contributed by atoms with E-state index in [1.54, 1.807) is 7.11 Å². The second-order valence-corrected chi connectivity index (χ2v) is 7.31. The molecule has 2 amide bonds. The summed E-state index contributed by atoms with van der Waals surface area (Å²) >= 11 is 0. The van der Waals surface area contributed by atoms with E-state index in [-0.39, 0.29) is 6.03 Å². The van der Waals surface area contributed by atoms with Crippen LogP contribution >= 0.6 is 0 Å². The number of fused-ring (bicyclic) bond motifs is 2. The lowest BCUT2D eigenvalue weighted by atomic mass is 9.95. The van der Waals surface area contributed by atoms with E-state index >= 15 is 0 Å². The number of amides is 2.